The molecule has 2 heterocycles. The molecule has 0 unspecified atom stereocenters. The van der Waals surface area contributed by atoms with Crippen LogP contribution in [0.25, 0.3) is 10.2 Å². The van der Waals surface area contributed by atoms with Gasteiger partial charge in [-0.1, -0.05) is 12.1 Å². The third kappa shape index (κ3) is 3.75. The van der Waals surface area contributed by atoms with Crippen LogP contribution in [-0.2, 0) is 16.1 Å². The summed E-state index contributed by atoms with van der Waals surface area (Å²) in [6.45, 7) is 0.129. The number of benzene rings is 1. The van der Waals surface area contributed by atoms with Crippen molar-refractivity contribution in [3.05, 3.63) is 51.7 Å². The molecule has 0 atom stereocenters. The Morgan fingerprint density at radius 3 is 2.83 bits per heavy atom. The normalized spacial score (nSPS) is 10.7. The van der Waals surface area contributed by atoms with Crippen molar-refractivity contribution in [2.75, 3.05) is 13.7 Å². The summed E-state index contributed by atoms with van der Waals surface area (Å²) in [5.41, 5.74) is 1.40. The molecule has 0 radical (unpaired) electrons. The third-order valence-corrected chi connectivity index (χ3v) is 4.92. The molecule has 0 aliphatic carbocycles. The van der Waals surface area contributed by atoms with E-state index in [2.05, 4.69) is 4.98 Å². The van der Waals surface area contributed by atoms with Gasteiger partial charge in [0.05, 0.1) is 22.3 Å². The standard InChI is InChI=1S/C16H14N2O3S2/c1-18(8-14-17-12-4-2-3-5-13(12)23-14)15(19)9-21-16(20)11-6-7-22-10-11/h2-7,10H,8-9H2,1H3. The van der Waals surface area contributed by atoms with Gasteiger partial charge in [-0.15, -0.1) is 11.3 Å². The van der Waals surface area contributed by atoms with Crippen LogP contribution in [0.5, 0.6) is 0 Å². The second-order valence-electron chi connectivity index (χ2n) is 4.91. The van der Waals surface area contributed by atoms with Crippen LogP contribution in [0, 0.1) is 0 Å². The summed E-state index contributed by atoms with van der Waals surface area (Å²) in [6, 6.07) is 9.51. The van der Waals surface area contributed by atoms with E-state index in [0.717, 1.165) is 15.2 Å². The maximum atomic E-state index is 12.1. The summed E-state index contributed by atoms with van der Waals surface area (Å²) in [4.78, 5) is 29.8. The van der Waals surface area contributed by atoms with Crippen LogP contribution in [0.3, 0.4) is 0 Å². The highest BCUT2D eigenvalue weighted by atomic mass is 32.1. The monoisotopic (exact) mass is 346 g/mol. The molecule has 1 aromatic carbocycles. The van der Waals surface area contributed by atoms with Crippen LogP contribution in [-0.4, -0.2) is 35.4 Å². The lowest BCUT2D eigenvalue weighted by molar-refractivity contribution is -0.133. The number of amides is 1. The Hall–Kier alpha value is -2.25. The molecule has 0 saturated heterocycles. The predicted octanol–water partition coefficient (Wildman–Crippen LogP) is 3.17. The van der Waals surface area contributed by atoms with Crippen LogP contribution in [0.1, 0.15) is 15.4 Å². The van der Waals surface area contributed by atoms with Gasteiger partial charge < -0.3 is 9.64 Å². The number of esters is 1. The third-order valence-electron chi connectivity index (χ3n) is 3.22. The number of thiazole rings is 1. The average molecular weight is 346 g/mol. The highest BCUT2D eigenvalue weighted by Crippen LogP contribution is 2.22. The molecule has 0 saturated carbocycles. The van der Waals surface area contributed by atoms with Gasteiger partial charge in [-0.2, -0.15) is 11.3 Å². The van der Waals surface area contributed by atoms with Gasteiger partial charge in [-0.25, -0.2) is 9.78 Å². The molecule has 7 heteroatoms. The Morgan fingerprint density at radius 2 is 2.09 bits per heavy atom. The molecule has 5 nitrogen and oxygen atoms in total. The number of para-hydroxylation sites is 1. The van der Waals surface area contributed by atoms with E-state index in [1.807, 2.05) is 24.3 Å². The number of ether oxygens (including phenoxy) is 1. The zero-order valence-electron chi connectivity index (χ0n) is 12.4. The topological polar surface area (TPSA) is 59.5 Å². The van der Waals surface area contributed by atoms with Gasteiger partial charge in [0.2, 0.25) is 0 Å². The number of hydrogen-bond acceptors (Lipinski definition) is 6. The average Bonchev–Trinajstić information content (AvgIpc) is 3.20. The summed E-state index contributed by atoms with van der Waals surface area (Å²) in [7, 11) is 1.67. The molecule has 1 amide bonds. The smallest absolute Gasteiger partial charge is 0.339 e. The maximum absolute atomic E-state index is 12.1. The van der Waals surface area contributed by atoms with E-state index in [0.29, 0.717) is 12.1 Å². The quantitative estimate of drug-likeness (QED) is 0.666. The lowest BCUT2D eigenvalue weighted by atomic mass is 10.3. The number of carbonyl (C=O) groups excluding carboxylic acids is 2. The van der Waals surface area contributed by atoms with Gasteiger partial charge in [0, 0.05) is 12.4 Å². The first kappa shape index (κ1) is 15.6. The van der Waals surface area contributed by atoms with E-state index in [9.17, 15) is 9.59 Å². The Kier molecular flexibility index (Phi) is 4.68. The minimum absolute atomic E-state index is 0.257. The van der Waals surface area contributed by atoms with Crippen LogP contribution in [0.15, 0.2) is 41.1 Å². The number of aromatic nitrogens is 1. The lowest BCUT2D eigenvalue weighted by Crippen LogP contribution is -2.30. The molecule has 0 bridgehead atoms. The van der Waals surface area contributed by atoms with Gasteiger partial charge in [-0.3, -0.25) is 4.79 Å². The fourth-order valence-electron chi connectivity index (χ4n) is 1.98. The van der Waals surface area contributed by atoms with Gasteiger partial charge in [0.1, 0.15) is 5.01 Å². The summed E-state index contributed by atoms with van der Waals surface area (Å²) >= 11 is 2.96. The molecule has 0 aliphatic rings. The van der Waals surface area contributed by atoms with Crippen molar-refractivity contribution in [1.82, 2.24) is 9.88 Å². The molecule has 118 valence electrons. The number of hydrogen-bond donors (Lipinski definition) is 0. The molecule has 0 aliphatic heterocycles. The van der Waals surface area contributed by atoms with Crippen LogP contribution < -0.4 is 0 Å². The summed E-state index contributed by atoms with van der Waals surface area (Å²) < 4.78 is 6.12. The van der Waals surface area contributed by atoms with Crippen molar-refractivity contribution in [2.45, 2.75) is 6.54 Å². The van der Waals surface area contributed by atoms with E-state index in [4.69, 9.17) is 4.74 Å². The van der Waals surface area contributed by atoms with E-state index >= 15 is 0 Å². The zero-order chi connectivity index (χ0) is 16.2. The molecule has 3 rings (SSSR count). The van der Waals surface area contributed by atoms with Crippen LogP contribution >= 0.6 is 22.7 Å². The van der Waals surface area contributed by atoms with Crippen molar-refractivity contribution in [3.8, 4) is 0 Å². The van der Waals surface area contributed by atoms with Crippen molar-refractivity contribution >= 4 is 44.8 Å². The number of thiophene rings is 1. The highest BCUT2D eigenvalue weighted by Gasteiger charge is 2.15. The number of likely N-dealkylation sites (N-methyl/N-ethyl adjacent to an activating group) is 1. The van der Waals surface area contributed by atoms with E-state index in [1.165, 1.54) is 16.2 Å². The fraction of sp³-hybridized carbons (Fsp3) is 0.188. The predicted molar refractivity (Wildman–Crippen MR) is 90.7 cm³/mol. The SMILES string of the molecule is CN(Cc1nc2ccccc2s1)C(=O)COC(=O)c1ccsc1. The number of carbonyl (C=O) groups is 2. The zero-order valence-corrected chi connectivity index (χ0v) is 14.0. The Balaban J connectivity index is 1.56. The maximum Gasteiger partial charge on any atom is 0.339 e. The molecular formula is C16H14N2O3S2. The first-order chi connectivity index (χ1) is 11.1. The number of fused-ring (bicyclic) bond motifs is 1. The van der Waals surface area contributed by atoms with Gasteiger partial charge in [0.15, 0.2) is 6.61 Å². The van der Waals surface area contributed by atoms with Crippen molar-refractivity contribution in [2.24, 2.45) is 0 Å². The highest BCUT2D eigenvalue weighted by molar-refractivity contribution is 7.18. The molecule has 3 aromatic rings. The van der Waals surface area contributed by atoms with E-state index in [1.54, 1.807) is 35.2 Å². The summed E-state index contributed by atoms with van der Waals surface area (Å²) in [5, 5.41) is 4.33. The largest absolute Gasteiger partial charge is 0.452 e. The van der Waals surface area contributed by atoms with E-state index in [-0.39, 0.29) is 12.5 Å². The molecule has 2 aromatic heterocycles. The minimum atomic E-state index is -0.479. The van der Waals surface area contributed by atoms with Crippen LogP contribution in [0.2, 0.25) is 0 Å². The molecule has 0 spiro atoms. The molecular weight excluding hydrogens is 332 g/mol. The first-order valence-electron chi connectivity index (χ1n) is 6.91. The first-order valence-corrected chi connectivity index (χ1v) is 8.67. The Labute approximate surface area is 141 Å². The minimum Gasteiger partial charge on any atom is -0.452 e. The molecule has 23 heavy (non-hydrogen) atoms. The van der Waals surface area contributed by atoms with Crippen LogP contribution in [0.4, 0.5) is 0 Å². The fourth-order valence-corrected chi connectivity index (χ4v) is 3.63. The van der Waals surface area contributed by atoms with E-state index < -0.39 is 5.97 Å². The number of nitrogens with zero attached hydrogens (tertiary/aromatic N) is 2. The van der Waals surface area contributed by atoms with Gasteiger partial charge in [0.25, 0.3) is 5.91 Å². The van der Waals surface area contributed by atoms with Crippen molar-refractivity contribution in [1.29, 1.82) is 0 Å². The van der Waals surface area contributed by atoms with Gasteiger partial charge in [-0.05, 0) is 23.6 Å². The van der Waals surface area contributed by atoms with Crippen molar-refractivity contribution in [3.63, 3.8) is 0 Å². The summed E-state index contributed by atoms with van der Waals surface area (Å²) in [6.07, 6.45) is 0. The Bertz CT molecular complexity index is 794. The molecule has 0 fully saturated rings. The molecule has 0 N–H and O–H groups in total. The number of rotatable bonds is 5. The van der Waals surface area contributed by atoms with Gasteiger partial charge >= 0.3 is 5.97 Å². The lowest BCUT2D eigenvalue weighted by Gasteiger charge is -2.15. The second-order valence-corrected chi connectivity index (χ2v) is 6.81. The Morgan fingerprint density at radius 1 is 1.26 bits per heavy atom. The second kappa shape index (κ2) is 6.89. The van der Waals surface area contributed by atoms with Crippen molar-refractivity contribution < 1.29 is 14.3 Å². The summed E-state index contributed by atoms with van der Waals surface area (Å²) in [5.74, 6) is -0.735.